The van der Waals surface area contributed by atoms with E-state index in [2.05, 4.69) is 0 Å². The van der Waals surface area contributed by atoms with Gasteiger partial charge in [0.15, 0.2) is 0 Å². The number of nitrogens with two attached hydrogens (primary N) is 1. The minimum absolute atomic E-state index is 0.278. The Balaban J connectivity index is 1.94. The second-order valence-corrected chi connectivity index (χ2v) is 3.40. The van der Waals surface area contributed by atoms with Gasteiger partial charge < -0.3 is 19.9 Å². The van der Waals surface area contributed by atoms with E-state index in [4.69, 9.17) is 19.9 Å². The van der Waals surface area contributed by atoms with Crippen molar-refractivity contribution in [2.75, 3.05) is 25.6 Å². The summed E-state index contributed by atoms with van der Waals surface area (Å²) in [5.41, 5.74) is 6.57. The molecule has 16 heavy (non-hydrogen) atoms. The van der Waals surface area contributed by atoms with E-state index in [9.17, 15) is 4.79 Å². The number of benzene rings is 1. The monoisotopic (exact) mass is 223 g/mol. The van der Waals surface area contributed by atoms with Crippen LogP contribution in [0.3, 0.4) is 0 Å². The topological polar surface area (TPSA) is 70.8 Å². The van der Waals surface area contributed by atoms with Crippen molar-refractivity contribution in [1.29, 1.82) is 0 Å². The molecule has 0 amide bonds. The highest BCUT2D eigenvalue weighted by molar-refractivity contribution is 5.89. The molecule has 0 radical (unpaired) electrons. The zero-order valence-electron chi connectivity index (χ0n) is 8.72. The number of rotatable bonds is 2. The van der Waals surface area contributed by atoms with E-state index in [1.807, 2.05) is 0 Å². The number of ether oxygens (including phenoxy) is 3. The molecule has 1 aromatic rings. The van der Waals surface area contributed by atoms with E-state index < -0.39 is 12.3 Å². The fourth-order valence-electron chi connectivity index (χ4n) is 1.34. The van der Waals surface area contributed by atoms with Gasteiger partial charge in [-0.3, -0.25) is 0 Å². The standard InChI is InChI=1S/C11H13NO4/c12-9-3-1-8(2-4-9)11(13)16-10-7-14-5-6-15-10/h1-4,10H,5-7,12H2. The van der Waals surface area contributed by atoms with Crippen molar-refractivity contribution in [3.05, 3.63) is 29.8 Å². The summed E-state index contributed by atoms with van der Waals surface area (Å²) in [6, 6.07) is 6.52. The predicted molar refractivity (Wildman–Crippen MR) is 56.8 cm³/mol. The summed E-state index contributed by atoms with van der Waals surface area (Å²) < 4.78 is 15.4. The molecule has 86 valence electrons. The Kier molecular flexibility index (Phi) is 3.38. The van der Waals surface area contributed by atoms with Gasteiger partial charge in [0, 0.05) is 5.69 Å². The molecule has 5 heteroatoms. The quantitative estimate of drug-likeness (QED) is 0.593. The molecule has 1 aliphatic rings. The fraction of sp³-hybridized carbons (Fsp3) is 0.364. The van der Waals surface area contributed by atoms with Crippen LogP contribution in [-0.2, 0) is 14.2 Å². The Bertz CT molecular complexity index is 357. The Morgan fingerprint density at radius 1 is 1.31 bits per heavy atom. The number of esters is 1. The normalized spacial score (nSPS) is 20.4. The Morgan fingerprint density at radius 3 is 2.69 bits per heavy atom. The number of anilines is 1. The molecule has 2 N–H and O–H groups in total. The largest absolute Gasteiger partial charge is 0.430 e. The first-order chi connectivity index (χ1) is 7.75. The van der Waals surface area contributed by atoms with Crippen LogP contribution in [0.2, 0.25) is 0 Å². The minimum Gasteiger partial charge on any atom is -0.430 e. The molecule has 1 aromatic carbocycles. The van der Waals surface area contributed by atoms with E-state index in [1.165, 1.54) is 0 Å². The Labute approximate surface area is 93.1 Å². The van der Waals surface area contributed by atoms with Crippen LogP contribution < -0.4 is 5.73 Å². The maximum atomic E-state index is 11.6. The molecule has 1 heterocycles. The van der Waals surface area contributed by atoms with E-state index in [0.717, 1.165) is 0 Å². The van der Waals surface area contributed by atoms with E-state index >= 15 is 0 Å². The number of hydrogen-bond acceptors (Lipinski definition) is 5. The first-order valence-corrected chi connectivity index (χ1v) is 5.01. The van der Waals surface area contributed by atoms with Gasteiger partial charge in [-0.05, 0) is 24.3 Å². The van der Waals surface area contributed by atoms with Crippen molar-refractivity contribution >= 4 is 11.7 Å². The molecule has 1 aliphatic heterocycles. The number of nitrogen functional groups attached to an aromatic ring is 1. The highest BCUT2D eigenvalue weighted by Gasteiger charge is 2.19. The molecule has 0 saturated carbocycles. The third-order valence-electron chi connectivity index (χ3n) is 2.17. The zero-order valence-corrected chi connectivity index (χ0v) is 8.72. The molecule has 0 spiro atoms. The number of carbonyl (C=O) groups excluding carboxylic acids is 1. The molecule has 1 fully saturated rings. The Morgan fingerprint density at radius 2 is 2.06 bits per heavy atom. The van der Waals surface area contributed by atoms with Gasteiger partial charge in [-0.1, -0.05) is 0 Å². The highest BCUT2D eigenvalue weighted by atomic mass is 16.7. The molecule has 0 aromatic heterocycles. The summed E-state index contributed by atoms with van der Waals surface area (Å²) in [6.45, 7) is 1.26. The van der Waals surface area contributed by atoms with Crippen LogP contribution >= 0.6 is 0 Å². The SMILES string of the molecule is Nc1ccc(C(=O)OC2COCCO2)cc1. The van der Waals surface area contributed by atoms with Gasteiger partial charge in [-0.15, -0.1) is 0 Å². The molecule has 5 nitrogen and oxygen atoms in total. The molecule has 1 saturated heterocycles. The molecule has 0 bridgehead atoms. The van der Waals surface area contributed by atoms with Crippen molar-refractivity contribution in [2.24, 2.45) is 0 Å². The lowest BCUT2D eigenvalue weighted by molar-refractivity contribution is -0.186. The Hall–Kier alpha value is -1.59. The predicted octanol–water partition coefficient (Wildman–Crippen LogP) is 0.798. The summed E-state index contributed by atoms with van der Waals surface area (Å²) in [7, 11) is 0. The maximum Gasteiger partial charge on any atom is 0.340 e. The van der Waals surface area contributed by atoms with Crippen molar-refractivity contribution in [3.8, 4) is 0 Å². The molecular weight excluding hydrogens is 210 g/mol. The lowest BCUT2D eigenvalue weighted by atomic mass is 10.2. The van der Waals surface area contributed by atoms with E-state index in [-0.39, 0.29) is 6.61 Å². The summed E-state index contributed by atoms with van der Waals surface area (Å²) in [5, 5.41) is 0. The lowest BCUT2D eigenvalue weighted by Gasteiger charge is -2.22. The number of carbonyl (C=O) groups is 1. The first-order valence-electron chi connectivity index (χ1n) is 5.01. The van der Waals surface area contributed by atoms with Gasteiger partial charge in [0.25, 0.3) is 0 Å². The van der Waals surface area contributed by atoms with Gasteiger partial charge in [-0.2, -0.15) is 0 Å². The first kappa shape index (κ1) is 10.9. The third kappa shape index (κ3) is 2.71. The van der Waals surface area contributed by atoms with Crippen LogP contribution in [0.25, 0.3) is 0 Å². The molecule has 1 unspecified atom stereocenters. The molecular formula is C11H13NO4. The molecule has 0 aliphatic carbocycles. The second kappa shape index (κ2) is 4.96. The minimum atomic E-state index is -0.612. The maximum absolute atomic E-state index is 11.6. The summed E-state index contributed by atoms with van der Waals surface area (Å²) in [6.07, 6.45) is -0.612. The van der Waals surface area contributed by atoms with Crippen LogP contribution in [0.1, 0.15) is 10.4 Å². The lowest BCUT2D eigenvalue weighted by Crippen LogP contribution is -2.32. The van der Waals surface area contributed by atoms with Gasteiger partial charge in [-0.25, -0.2) is 4.79 Å². The van der Waals surface area contributed by atoms with Gasteiger partial charge in [0.2, 0.25) is 6.29 Å². The second-order valence-electron chi connectivity index (χ2n) is 3.40. The van der Waals surface area contributed by atoms with Crippen LogP contribution in [0.4, 0.5) is 5.69 Å². The summed E-state index contributed by atoms with van der Waals surface area (Å²) >= 11 is 0. The van der Waals surface area contributed by atoms with Crippen LogP contribution in [0.5, 0.6) is 0 Å². The van der Waals surface area contributed by atoms with Crippen LogP contribution in [0, 0.1) is 0 Å². The fourth-order valence-corrected chi connectivity index (χ4v) is 1.34. The van der Waals surface area contributed by atoms with Crippen LogP contribution in [-0.4, -0.2) is 32.1 Å². The average Bonchev–Trinajstić information content (AvgIpc) is 2.31. The van der Waals surface area contributed by atoms with Crippen molar-refractivity contribution in [3.63, 3.8) is 0 Å². The molecule has 2 rings (SSSR count). The van der Waals surface area contributed by atoms with Crippen LogP contribution in [0.15, 0.2) is 24.3 Å². The van der Waals surface area contributed by atoms with Gasteiger partial charge >= 0.3 is 5.97 Å². The third-order valence-corrected chi connectivity index (χ3v) is 2.17. The van der Waals surface area contributed by atoms with Crippen molar-refractivity contribution in [2.45, 2.75) is 6.29 Å². The van der Waals surface area contributed by atoms with Crippen molar-refractivity contribution in [1.82, 2.24) is 0 Å². The van der Waals surface area contributed by atoms with Gasteiger partial charge in [0.05, 0.1) is 18.8 Å². The van der Waals surface area contributed by atoms with Gasteiger partial charge in [0.1, 0.15) is 6.61 Å². The highest BCUT2D eigenvalue weighted by Crippen LogP contribution is 2.10. The van der Waals surface area contributed by atoms with E-state index in [0.29, 0.717) is 24.5 Å². The summed E-state index contributed by atoms with van der Waals surface area (Å²) in [5.74, 6) is -0.435. The summed E-state index contributed by atoms with van der Waals surface area (Å²) in [4.78, 5) is 11.6. The molecule has 1 atom stereocenters. The van der Waals surface area contributed by atoms with Crippen molar-refractivity contribution < 1.29 is 19.0 Å². The average molecular weight is 223 g/mol. The van der Waals surface area contributed by atoms with E-state index in [1.54, 1.807) is 24.3 Å². The smallest absolute Gasteiger partial charge is 0.340 e. The zero-order chi connectivity index (χ0) is 11.4. The number of hydrogen-bond donors (Lipinski definition) is 1.